The number of hydrogen-bond acceptors (Lipinski definition) is 1. The number of hydrogen-bond donors (Lipinski definition) is 1. The van der Waals surface area contributed by atoms with Crippen molar-refractivity contribution in [3.63, 3.8) is 0 Å². The summed E-state index contributed by atoms with van der Waals surface area (Å²) in [7, 11) is 0. The summed E-state index contributed by atoms with van der Waals surface area (Å²) >= 11 is 0. The fourth-order valence-corrected chi connectivity index (χ4v) is 12.1. The second-order valence-electron chi connectivity index (χ2n) is 15.4. The monoisotopic (exact) mass is 440 g/mol. The maximum atomic E-state index is 10.9. The van der Waals surface area contributed by atoms with Crippen LogP contribution in [0.15, 0.2) is 12.2 Å². The van der Waals surface area contributed by atoms with Crippen LogP contribution in [-0.2, 0) is 0 Å². The van der Waals surface area contributed by atoms with E-state index in [2.05, 4.69) is 62.0 Å². The highest BCUT2D eigenvalue weighted by Crippen LogP contribution is 2.81. The molecule has 5 saturated carbocycles. The van der Waals surface area contributed by atoms with Crippen LogP contribution in [0.3, 0.4) is 0 Å². The molecule has 0 aromatic carbocycles. The summed E-state index contributed by atoms with van der Waals surface area (Å²) in [5.41, 5.74) is 3.63. The number of allylic oxidation sites excluding steroid dienone is 1. The molecular formula is C31H52O. The standard InChI is InChI=1S/C31H52O/c1-20(2)21-10-14-27(5)18-19-31(9)29(7)16-11-22-26(3,4)24(32)13-15-28(22,6)23(29)12-17-30(31,8)25(21)27/h21-25,32H,1,10-19H2,2-9H3. The first-order valence-electron chi connectivity index (χ1n) is 14.0. The zero-order valence-electron chi connectivity index (χ0n) is 22.6. The highest BCUT2D eigenvalue weighted by Gasteiger charge is 2.73. The summed E-state index contributed by atoms with van der Waals surface area (Å²) in [4.78, 5) is 0. The lowest BCUT2D eigenvalue weighted by Crippen LogP contribution is -2.69. The van der Waals surface area contributed by atoms with Gasteiger partial charge in [-0.15, -0.1) is 0 Å². The van der Waals surface area contributed by atoms with Crippen LogP contribution in [0.1, 0.15) is 120 Å². The Morgan fingerprint density at radius 1 is 0.719 bits per heavy atom. The highest BCUT2D eigenvalue weighted by atomic mass is 16.3. The summed E-state index contributed by atoms with van der Waals surface area (Å²) in [5, 5.41) is 10.9. The Morgan fingerprint density at radius 3 is 2.00 bits per heavy atom. The molecule has 10 unspecified atom stereocenters. The van der Waals surface area contributed by atoms with E-state index in [1.54, 1.807) is 0 Å². The smallest absolute Gasteiger partial charge is 0.0594 e. The van der Waals surface area contributed by atoms with Crippen molar-refractivity contribution in [2.45, 2.75) is 126 Å². The van der Waals surface area contributed by atoms with Crippen LogP contribution in [0.5, 0.6) is 0 Å². The van der Waals surface area contributed by atoms with E-state index in [1.807, 2.05) is 0 Å². The molecule has 5 aliphatic rings. The molecule has 0 spiro atoms. The third-order valence-electron chi connectivity index (χ3n) is 14.2. The van der Waals surface area contributed by atoms with Crippen LogP contribution < -0.4 is 0 Å². The average molecular weight is 441 g/mol. The minimum atomic E-state index is -0.125. The van der Waals surface area contributed by atoms with Gasteiger partial charge in [0, 0.05) is 0 Å². The Bertz CT molecular complexity index is 811. The lowest BCUT2D eigenvalue weighted by atomic mass is 9.29. The van der Waals surface area contributed by atoms with Crippen LogP contribution in [0.25, 0.3) is 0 Å². The molecule has 0 aromatic heterocycles. The van der Waals surface area contributed by atoms with Gasteiger partial charge < -0.3 is 5.11 Å². The Balaban J connectivity index is 1.59. The zero-order chi connectivity index (χ0) is 23.5. The van der Waals surface area contributed by atoms with Crippen molar-refractivity contribution in [1.82, 2.24) is 0 Å². The number of fused-ring (bicyclic) bond motifs is 7. The molecule has 1 heteroatoms. The molecule has 0 aromatic rings. The van der Waals surface area contributed by atoms with Gasteiger partial charge >= 0.3 is 0 Å². The fourth-order valence-electron chi connectivity index (χ4n) is 12.1. The van der Waals surface area contributed by atoms with Crippen molar-refractivity contribution < 1.29 is 5.11 Å². The first-order valence-corrected chi connectivity index (χ1v) is 14.0. The van der Waals surface area contributed by atoms with Crippen molar-refractivity contribution in [1.29, 1.82) is 0 Å². The summed E-state index contributed by atoms with van der Waals surface area (Å²) in [6.07, 6.45) is 13.2. The van der Waals surface area contributed by atoms with E-state index in [9.17, 15) is 5.11 Å². The average Bonchev–Trinajstić information content (AvgIpc) is 3.06. The predicted molar refractivity (Wildman–Crippen MR) is 135 cm³/mol. The van der Waals surface area contributed by atoms with Gasteiger partial charge in [-0.25, -0.2) is 0 Å². The van der Waals surface area contributed by atoms with E-state index in [-0.39, 0.29) is 11.5 Å². The van der Waals surface area contributed by atoms with Gasteiger partial charge in [-0.1, -0.05) is 60.6 Å². The SMILES string of the molecule is C=C(C)C1CCC2(C)CCC3(C)C(C)(CCC4C5(C)CCC(O)C(C)(C)C5CCC43C)C12. The van der Waals surface area contributed by atoms with E-state index in [1.165, 1.54) is 63.4 Å². The van der Waals surface area contributed by atoms with Gasteiger partial charge in [-0.3, -0.25) is 0 Å². The highest BCUT2D eigenvalue weighted by molar-refractivity contribution is 5.24. The number of aliphatic hydroxyl groups is 1. The van der Waals surface area contributed by atoms with Gasteiger partial charge in [-0.05, 0) is 127 Å². The summed E-state index contributed by atoms with van der Waals surface area (Å²) < 4.78 is 0. The molecule has 0 bridgehead atoms. The minimum absolute atomic E-state index is 0.0532. The molecule has 32 heavy (non-hydrogen) atoms. The van der Waals surface area contributed by atoms with E-state index in [0.29, 0.717) is 33.0 Å². The molecule has 5 rings (SSSR count). The second-order valence-corrected chi connectivity index (χ2v) is 15.4. The normalized spacial score (nSPS) is 58.8. The van der Waals surface area contributed by atoms with Crippen LogP contribution in [0, 0.1) is 56.2 Å². The Hall–Kier alpha value is -0.300. The van der Waals surface area contributed by atoms with Crippen molar-refractivity contribution >= 4 is 0 Å². The summed E-state index contributed by atoms with van der Waals surface area (Å²) in [6.45, 7) is 25.1. The first-order chi connectivity index (χ1) is 14.7. The summed E-state index contributed by atoms with van der Waals surface area (Å²) in [5.74, 6) is 2.99. The van der Waals surface area contributed by atoms with E-state index < -0.39 is 0 Å². The lowest BCUT2D eigenvalue weighted by molar-refractivity contribution is -0.275. The molecule has 0 saturated heterocycles. The maximum absolute atomic E-state index is 10.9. The molecule has 0 heterocycles. The summed E-state index contributed by atoms with van der Waals surface area (Å²) in [6, 6.07) is 0. The lowest BCUT2D eigenvalue weighted by Gasteiger charge is -2.76. The van der Waals surface area contributed by atoms with Gasteiger partial charge in [0.1, 0.15) is 0 Å². The molecule has 5 fully saturated rings. The van der Waals surface area contributed by atoms with Gasteiger partial charge in [0.25, 0.3) is 0 Å². The van der Waals surface area contributed by atoms with Crippen molar-refractivity contribution in [3.05, 3.63) is 12.2 Å². The quantitative estimate of drug-likeness (QED) is 0.406. The van der Waals surface area contributed by atoms with Gasteiger partial charge in [-0.2, -0.15) is 0 Å². The van der Waals surface area contributed by atoms with E-state index >= 15 is 0 Å². The maximum Gasteiger partial charge on any atom is 0.0594 e. The second kappa shape index (κ2) is 6.67. The number of aliphatic hydroxyl groups excluding tert-OH is 1. The first kappa shape index (κ1) is 23.4. The van der Waals surface area contributed by atoms with Crippen molar-refractivity contribution in [2.24, 2.45) is 56.2 Å². The third-order valence-corrected chi connectivity index (χ3v) is 14.2. The molecule has 0 radical (unpaired) electrons. The molecule has 1 nitrogen and oxygen atoms in total. The van der Waals surface area contributed by atoms with Crippen molar-refractivity contribution in [2.75, 3.05) is 0 Å². The molecule has 182 valence electrons. The largest absolute Gasteiger partial charge is 0.393 e. The molecule has 5 aliphatic carbocycles. The predicted octanol–water partition coefficient (Wildman–Crippen LogP) is 8.41. The Kier molecular flexibility index (Phi) is 4.89. The van der Waals surface area contributed by atoms with Crippen molar-refractivity contribution in [3.8, 4) is 0 Å². The third kappa shape index (κ3) is 2.51. The van der Waals surface area contributed by atoms with Crippen LogP contribution >= 0.6 is 0 Å². The molecule has 1 N–H and O–H groups in total. The topological polar surface area (TPSA) is 20.2 Å². The van der Waals surface area contributed by atoms with Gasteiger partial charge in [0.15, 0.2) is 0 Å². The molecular weight excluding hydrogens is 388 g/mol. The van der Waals surface area contributed by atoms with Gasteiger partial charge in [0.2, 0.25) is 0 Å². The number of rotatable bonds is 1. The minimum Gasteiger partial charge on any atom is -0.393 e. The zero-order valence-corrected chi connectivity index (χ0v) is 22.6. The van der Waals surface area contributed by atoms with Gasteiger partial charge in [0.05, 0.1) is 6.10 Å². The van der Waals surface area contributed by atoms with E-state index in [0.717, 1.165) is 24.2 Å². The Labute approximate surface area is 199 Å². The molecule has 0 amide bonds. The molecule has 0 aliphatic heterocycles. The molecule has 10 atom stereocenters. The van der Waals surface area contributed by atoms with Crippen LogP contribution in [0.2, 0.25) is 0 Å². The van der Waals surface area contributed by atoms with Crippen LogP contribution in [0.4, 0.5) is 0 Å². The van der Waals surface area contributed by atoms with Crippen LogP contribution in [-0.4, -0.2) is 11.2 Å². The van der Waals surface area contributed by atoms with E-state index in [4.69, 9.17) is 0 Å². The fraction of sp³-hybridized carbons (Fsp3) is 0.935. The Morgan fingerprint density at radius 2 is 1.34 bits per heavy atom.